The highest BCUT2D eigenvalue weighted by Gasteiger charge is 2.34. The summed E-state index contributed by atoms with van der Waals surface area (Å²) in [6.07, 6.45) is 2.88. The molecule has 1 aliphatic heterocycles. The van der Waals surface area contributed by atoms with E-state index in [0.717, 1.165) is 19.3 Å². The number of rotatable bonds is 4. The van der Waals surface area contributed by atoms with E-state index in [1.165, 1.54) is 23.4 Å². The van der Waals surface area contributed by atoms with E-state index in [4.69, 9.17) is 5.73 Å². The lowest BCUT2D eigenvalue weighted by Gasteiger charge is -2.18. The lowest BCUT2D eigenvalue weighted by Crippen LogP contribution is -2.29. The molecule has 1 aromatic carbocycles. The maximum atomic E-state index is 14.1. The van der Waals surface area contributed by atoms with Crippen molar-refractivity contribution in [1.29, 1.82) is 0 Å². The fourth-order valence-corrected chi connectivity index (χ4v) is 4.45. The Kier molecular flexibility index (Phi) is 4.34. The van der Waals surface area contributed by atoms with E-state index in [1.54, 1.807) is 0 Å². The smallest absolute Gasteiger partial charge is 0.246 e. The minimum atomic E-state index is -3.79. The van der Waals surface area contributed by atoms with Gasteiger partial charge in [0, 0.05) is 18.8 Å². The predicted octanol–water partition coefficient (Wildman–Crippen LogP) is 2.53. The van der Waals surface area contributed by atoms with Crippen LogP contribution in [0.25, 0.3) is 0 Å². The monoisotopic (exact) mass is 300 g/mol. The van der Waals surface area contributed by atoms with Crippen LogP contribution < -0.4 is 5.73 Å². The van der Waals surface area contributed by atoms with Crippen molar-refractivity contribution in [2.75, 3.05) is 18.8 Å². The number of hydrogen-bond donors (Lipinski definition) is 1. The average Bonchev–Trinajstić information content (AvgIpc) is 2.83. The van der Waals surface area contributed by atoms with Crippen molar-refractivity contribution in [1.82, 2.24) is 4.31 Å². The molecular weight excluding hydrogens is 279 g/mol. The Bertz CT molecular complexity index is 601. The highest BCUT2D eigenvalue weighted by Crippen LogP contribution is 2.30. The molecule has 2 rings (SSSR count). The molecule has 1 aliphatic rings. The molecule has 20 heavy (non-hydrogen) atoms. The van der Waals surface area contributed by atoms with Crippen molar-refractivity contribution in [3.05, 3.63) is 23.5 Å². The van der Waals surface area contributed by atoms with Gasteiger partial charge < -0.3 is 5.73 Å². The zero-order valence-corrected chi connectivity index (χ0v) is 12.7. The van der Waals surface area contributed by atoms with E-state index in [2.05, 4.69) is 6.92 Å². The Balaban J connectivity index is 2.32. The zero-order valence-electron chi connectivity index (χ0n) is 11.9. The van der Waals surface area contributed by atoms with E-state index in [0.29, 0.717) is 19.0 Å². The molecule has 0 radical (unpaired) electrons. The molecule has 6 heteroatoms. The third-order valence-electron chi connectivity index (χ3n) is 3.81. The average molecular weight is 300 g/mol. The number of nitrogen functional groups attached to an aromatic ring is 1. The first-order valence-corrected chi connectivity index (χ1v) is 8.36. The maximum absolute atomic E-state index is 14.1. The van der Waals surface area contributed by atoms with Crippen LogP contribution in [0.4, 0.5) is 10.1 Å². The van der Waals surface area contributed by atoms with Crippen LogP contribution in [0, 0.1) is 18.7 Å². The number of aryl methyl sites for hydroxylation is 1. The molecule has 1 saturated heterocycles. The van der Waals surface area contributed by atoms with Crippen LogP contribution in [0.15, 0.2) is 17.0 Å². The number of halogens is 1. The highest BCUT2D eigenvalue weighted by molar-refractivity contribution is 7.89. The Labute approximate surface area is 119 Å². The molecule has 0 bridgehead atoms. The van der Waals surface area contributed by atoms with Crippen molar-refractivity contribution < 1.29 is 12.8 Å². The lowest BCUT2D eigenvalue weighted by atomic mass is 10.0. The number of nitrogens with zero attached hydrogens (tertiary/aromatic N) is 1. The number of hydrogen-bond acceptors (Lipinski definition) is 3. The molecule has 1 atom stereocenters. The van der Waals surface area contributed by atoms with Gasteiger partial charge in [0.1, 0.15) is 10.7 Å². The first-order valence-electron chi connectivity index (χ1n) is 6.92. The van der Waals surface area contributed by atoms with Crippen LogP contribution >= 0.6 is 0 Å². The van der Waals surface area contributed by atoms with Crippen molar-refractivity contribution >= 4 is 15.7 Å². The fraction of sp³-hybridized carbons (Fsp3) is 0.571. The minimum absolute atomic E-state index is 0.257. The lowest BCUT2D eigenvalue weighted by molar-refractivity contribution is 0.440. The Morgan fingerprint density at radius 3 is 2.80 bits per heavy atom. The van der Waals surface area contributed by atoms with Crippen LogP contribution in [-0.4, -0.2) is 25.8 Å². The summed E-state index contributed by atoms with van der Waals surface area (Å²) < 4.78 is 40.6. The van der Waals surface area contributed by atoms with Gasteiger partial charge in [0.25, 0.3) is 0 Å². The first kappa shape index (κ1) is 15.3. The molecular formula is C14H21FN2O2S. The molecule has 1 fully saturated rings. The van der Waals surface area contributed by atoms with Gasteiger partial charge in [-0.2, -0.15) is 4.31 Å². The number of nitrogens with two attached hydrogens (primary N) is 1. The fourth-order valence-electron chi connectivity index (χ4n) is 2.75. The first-order chi connectivity index (χ1) is 9.36. The SMILES string of the molecule is CCCC1CCN(S(=O)(=O)c2cc(N)cc(C)c2F)C1. The van der Waals surface area contributed by atoms with Gasteiger partial charge in [-0.05, 0) is 43.4 Å². The van der Waals surface area contributed by atoms with Crippen LogP contribution in [0.1, 0.15) is 31.7 Å². The van der Waals surface area contributed by atoms with Gasteiger partial charge in [0.2, 0.25) is 10.0 Å². The van der Waals surface area contributed by atoms with Gasteiger partial charge in [0.05, 0.1) is 0 Å². The molecule has 0 aromatic heterocycles. The largest absolute Gasteiger partial charge is 0.399 e. The number of sulfonamides is 1. The quantitative estimate of drug-likeness (QED) is 0.869. The van der Waals surface area contributed by atoms with E-state index < -0.39 is 15.8 Å². The summed E-state index contributed by atoms with van der Waals surface area (Å²) in [6.45, 7) is 4.54. The number of anilines is 1. The third-order valence-corrected chi connectivity index (χ3v) is 5.67. The van der Waals surface area contributed by atoms with Crippen LogP contribution in [0.3, 0.4) is 0 Å². The molecule has 1 aromatic rings. The Hall–Kier alpha value is -1.14. The zero-order chi connectivity index (χ0) is 14.9. The second kappa shape index (κ2) is 5.69. The molecule has 0 aliphatic carbocycles. The maximum Gasteiger partial charge on any atom is 0.246 e. The van der Waals surface area contributed by atoms with Crippen LogP contribution in [0.2, 0.25) is 0 Å². The van der Waals surface area contributed by atoms with Gasteiger partial charge in [0.15, 0.2) is 0 Å². The van der Waals surface area contributed by atoms with Gasteiger partial charge in [-0.25, -0.2) is 12.8 Å². The second-order valence-corrected chi connectivity index (χ2v) is 7.36. The molecule has 0 saturated carbocycles. The topological polar surface area (TPSA) is 63.4 Å². The molecule has 0 amide bonds. The Morgan fingerprint density at radius 2 is 2.15 bits per heavy atom. The summed E-state index contributed by atoms with van der Waals surface area (Å²) >= 11 is 0. The van der Waals surface area contributed by atoms with Gasteiger partial charge in [-0.15, -0.1) is 0 Å². The van der Waals surface area contributed by atoms with E-state index in [1.807, 2.05) is 0 Å². The summed E-state index contributed by atoms with van der Waals surface area (Å²) in [5.41, 5.74) is 6.18. The molecule has 0 spiro atoms. The van der Waals surface area contributed by atoms with Crippen LogP contribution in [0.5, 0.6) is 0 Å². The Morgan fingerprint density at radius 1 is 1.45 bits per heavy atom. The molecule has 112 valence electrons. The summed E-state index contributed by atoms with van der Waals surface area (Å²) in [7, 11) is -3.79. The van der Waals surface area contributed by atoms with Crippen molar-refractivity contribution in [2.24, 2.45) is 5.92 Å². The molecule has 4 nitrogen and oxygen atoms in total. The molecule has 1 heterocycles. The van der Waals surface area contributed by atoms with Crippen molar-refractivity contribution in [2.45, 2.75) is 38.0 Å². The number of benzene rings is 1. The van der Waals surface area contributed by atoms with E-state index >= 15 is 0 Å². The van der Waals surface area contributed by atoms with Crippen molar-refractivity contribution in [3.63, 3.8) is 0 Å². The van der Waals surface area contributed by atoms with Crippen LogP contribution in [-0.2, 0) is 10.0 Å². The van der Waals surface area contributed by atoms with Crippen molar-refractivity contribution in [3.8, 4) is 0 Å². The predicted molar refractivity (Wildman–Crippen MR) is 77.3 cm³/mol. The summed E-state index contributed by atoms with van der Waals surface area (Å²) in [4.78, 5) is -0.299. The highest BCUT2D eigenvalue weighted by atomic mass is 32.2. The standard InChI is InChI=1S/C14H21FN2O2S/c1-3-4-11-5-6-17(9-11)20(18,19)13-8-12(16)7-10(2)14(13)15/h7-8,11H,3-6,9,16H2,1-2H3. The van der Waals surface area contributed by atoms with E-state index in [-0.39, 0.29) is 16.1 Å². The second-order valence-electron chi connectivity index (χ2n) is 5.46. The van der Waals surface area contributed by atoms with Gasteiger partial charge >= 0.3 is 0 Å². The third kappa shape index (κ3) is 2.81. The van der Waals surface area contributed by atoms with Gasteiger partial charge in [-0.3, -0.25) is 0 Å². The van der Waals surface area contributed by atoms with Gasteiger partial charge in [-0.1, -0.05) is 13.3 Å². The van der Waals surface area contributed by atoms with E-state index in [9.17, 15) is 12.8 Å². The summed E-state index contributed by atoms with van der Waals surface area (Å²) in [5.74, 6) is -0.321. The normalized spacial score (nSPS) is 20.4. The molecule has 1 unspecified atom stereocenters. The minimum Gasteiger partial charge on any atom is -0.399 e. The molecule has 2 N–H and O–H groups in total. The summed E-state index contributed by atoms with van der Waals surface area (Å²) in [5, 5.41) is 0. The summed E-state index contributed by atoms with van der Waals surface area (Å²) in [6, 6.07) is 2.66.